The second-order valence-corrected chi connectivity index (χ2v) is 7.93. The van der Waals surface area contributed by atoms with Crippen molar-refractivity contribution in [2.45, 2.75) is 12.5 Å². The molecule has 0 unspecified atom stereocenters. The summed E-state index contributed by atoms with van der Waals surface area (Å²) < 4.78 is 27.4. The zero-order valence-electron chi connectivity index (χ0n) is 13.7. The maximum absolute atomic E-state index is 12.2. The Bertz CT molecular complexity index is 733. The molecule has 10 heteroatoms. The van der Waals surface area contributed by atoms with Gasteiger partial charge in [-0.15, -0.1) is 0 Å². The lowest BCUT2D eigenvalue weighted by atomic mass is 10.1. The minimum atomic E-state index is -3.35. The third-order valence-corrected chi connectivity index (χ3v) is 4.33. The van der Waals surface area contributed by atoms with Crippen LogP contribution in [0.1, 0.15) is 16.8 Å². The van der Waals surface area contributed by atoms with Gasteiger partial charge in [0, 0.05) is 23.9 Å². The number of ether oxygens (including phenoxy) is 1. The molecule has 0 radical (unpaired) electrons. The summed E-state index contributed by atoms with van der Waals surface area (Å²) in [7, 11) is -1.98. The van der Waals surface area contributed by atoms with Crippen molar-refractivity contribution in [3.63, 3.8) is 0 Å². The molecule has 0 fully saturated rings. The van der Waals surface area contributed by atoms with Gasteiger partial charge in [0.1, 0.15) is 15.9 Å². The molecule has 1 aromatic rings. The SMILES string of the molecule is CNC(=O)COC(=O)[C@@H](CCS(C)(=O)=O)NC(=O)c1ccc(Cl)cc1. The summed E-state index contributed by atoms with van der Waals surface area (Å²) in [5.74, 6) is -2.34. The zero-order valence-corrected chi connectivity index (χ0v) is 15.3. The number of hydrogen-bond donors (Lipinski definition) is 2. The maximum Gasteiger partial charge on any atom is 0.329 e. The first-order chi connectivity index (χ1) is 11.6. The Labute approximate surface area is 150 Å². The van der Waals surface area contributed by atoms with Gasteiger partial charge in [-0.1, -0.05) is 11.6 Å². The minimum absolute atomic E-state index is 0.176. The van der Waals surface area contributed by atoms with E-state index in [2.05, 4.69) is 10.6 Å². The standard InChI is InChI=1S/C15H19ClN2O6S/c1-17-13(19)9-24-15(21)12(7-8-25(2,22)23)18-14(20)10-3-5-11(16)6-4-10/h3-6,12H,7-9H2,1-2H3,(H,17,19)(H,18,20)/t12-/m1/s1. The van der Waals surface area contributed by atoms with E-state index in [4.69, 9.17) is 16.3 Å². The van der Waals surface area contributed by atoms with E-state index in [9.17, 15) is 22.8 Å². The highest BCUT2D eigenvalue weighted by Gasteiger charge is 2.25. The number of halogens is 1. The predicted molar refractivity (Wildman–Crippen MR) is 92.1 cm³/mol. The topological polar surface area (TPSA) is 119 Å². The molecule has 0 saturated carbocycles. The van der Waals surface area contributed by atoms with E-state index in [1.54, 1.807) is 0 Å². The first-order valence-electron chi connectivity index (χ1n) is 7.23. The first kappa shape index (κ1) is 20.9. The van der Waals surface area contributed by atoms with Crippen LogP contribution in [0.15, 0.2) is 24.3 Å². The second kappa shape index (κ2) is 9.38. The van der Waals surface area contributed by atoms with E-state index in [-0.39, 0.29) is 17.7 Å². The van der Waals surface area contributed by atoms with Gasteiger partial charge < -0.3 is 15.4 Å². The Hall–Kier alpha value is -2.13. The number of sulfone groups is 1. The van der Waals surface area contributed by atoms with Crippen LogP contribution in [0.4, 0.5) is 0 Å². The molecule has 0 aliphatic heterocycles. The van der Waals surface area contributed by atoms with Crippen LogP contribution in [0.3, 0.4) is 0 Å². The third kappa shape index (κ3) is 7.99. The minimum Gasteiger partial charge on any atom is -0.454 e. The van der Waals surface area contributed by atoms with Crippen molar-refractivity contribution in [2.75, 3.05) is 25.7 Å². The predicted octanol–water partition coefficient (Wildman–Crippen LogP) is 0.162. The molecular weight excluding hydrogens is 372 g/mol. The number of carbonyl (C=O) groups excluding carboxylic acids is 3. The Kier molecular flexibility index (Phi) is 7.85. The Morgan fingerprint density at radius 1 is 1.20 bits per heavy atom. The number of benzene rings is 1. The molecule has 8 nitrogen and oxygen atoms in total. The molecule has 25 heavy (non-hydrogen) atoms. The van der Waals surface area contributed by atoms with E-state index in [1.807, 2.05) is 0 Å². The van der Waals surface area contributed by atoms with Crippen molar-refractivity contribution in [3.8, 4) is 0 Å². The smallest absolute Gasteiger partial charge is 0.329 e. The fraction of sp³-hybridized carbons (Fsp3) is 0.400. The molecule has 1 rings (SSSR count). The number of amides is 2. The van der Waals surface area contributed by atoms with Gasteiger partial charge in [0.25, 0.3) is 11.8 Å². The lowest BCUT2D eigenvalue weighted by Gasteiger charge is -2.17. The normalized spacial score (nSPS) is 12.1. The number of nitrogens with one attached hydrogen (secondary N) is 2. The average molecular weight is 391 g/mol. The quantitative estimate of drug-likeness (QED) is 0.610. The molecule has 0 heterocycles. The molecule has 0 spiro atoms. The molecule has 2 N–H and O–H groups in total. The maximum atomic E-state index is 12.2. The number of carbonyl (C=O) groups is 3. The van der Waals surface area contributed by atoms with Crippen LogP contribution < -0.4 is 10.6 Å². The third-order valence-electron chi connectivity index (χ3n) is 3.10. The fourth-order valence-corrected chi connectivity index (χ4v) is 2.52. The van der Waals surface area contributed by atoms with Gasteiger partial charge in [-0.2, -0.15) is 0 Å². The largest absolute Gasteiger partial charge is 0.454 e. The van der Waals surface area contributed by atoms with Gasteiger partial charge in [0.2, 0.25) is 0 Å². The highest BCUT2D eigenvalue weighted by Crippen LogP contribution is 2.10. The summed E-state index contributed by atoms with van der Waals surface area (Å²) in [6, 6.07) is 4.72. The van der Waals surface area contributed by atoms with Crippen LogP contribution in [0.5, 0.6) is 0 Å². The molecule has 0 aromatic heterocycles. The Balaban J connectivity index is 2.81. The van der Waals surface area contributed by atoms with Crippen molar-refractivity contribution in [2.24, 2.45) is 0 Å². The Morgan fingerprint density at radius 3 is 2.32 bits per heavy atom. The monoisotopic (exact) mass is 390 g/mol. The van der Waals surface area contributed by atoms with Crippen LogP contribution >= 0.6 is 11.6 Å². The first-order valence-corrected chi connectivity index (χ1v) is 9.67. The summed E-state index contributed by atoms with van der Waals surface area (Å²) in [6.45, 7) is -0.526. The van der Waals surface area contributed by atoms with Crippen LogP contribution in [0.2, 0.25) is 5.02 Å². The number of rotatable bonds is 8. The van der Waals surface area contributed by atoms with Gasteiger partial charge in [0.05, 0.1) is 5.75 Å². The molecule has 0 saturated heterocycles. The highest BCUT2D eigenvalue weighted by atomic mass is 35.5. The van der Waals surface area contributed by atoms with Gasteiger partial charge >= 0.3 is 5.97 Å². The van der Waals surface area contributed by atoms with E-state index < -0.39 is 40.3 Å². The van der Waals surface area contributed by atoms with Crippen molar-refractivity contribution >= 4 is 39.2 Å². The Morgan fingerprint density at radius 2 is 1.80 bits per heavy atom. The van der Waals surface area contributed by atoms with Crippen molar-refractivity contribution in [1.29, 1.82) is 0 Å². The number of esters is 1. The summed E-state index contributed by atoms with van der Waals surface area (Å²) in [5, 5.41) is 5.13. The molecule has 2 amide bonds. The lowest BCUT2D eigenvalue weighted by molar-refractivity contribution is -0.150. The second-order valence-electron chi connectivity index (χ2n) is 5.23. The average Bonchev–Trinajstić information content (AvgIpc) is 2.55. The van der Waals surface area contributed by atoms with Gasteiger partial charge in [-0.05, 0) is 30.7 Å². The van der Waals surface area contributed by atoms with Crippen LogP contribution in [0, 0.1) is 0 Å². The lowest BCUT2D eigenvalue weighted by Crippen LogP contribution is -2.43. The molecule has 1 aromatic carbocycles. The fourth-order valence-electron chi connectivity index (χ4n) is 1.73. The summed E-state index contributed by atoms with van der Waals surface area (Å²) in [5.41, 5.74) is 0.243. The van der Waals surface area contributed by atoms with Crippen LogP contribution in [-0.4, -0.2) is 57.9 Å². The summed E-state index contributed by atoms with van der Waals surface area (Å²) in [4.78, 5) is 35.4. The molecular formula is C15H19ClN2O6S. The molecule has 138 valence electrons. The zero-order chi connectivity index (χ0) is 19.0. The van der Waals surface area contributed by atoms with E-state index in [0.29, 0.717) is 5.02 Å². The van der Waals surface area contributed by atoms with Crippen LogP contribution in [-0.2, 0) is 24.2 Å². The highest BCUT2D eigenvalue weighted by molar-refractivity contribution is 7.90. The van der Waals surface area contributed by atoms with E-state index in [1.165, 1.54) is 31.3 Å². The van der Waals surface area contributed by atoms with Gasteiger partial charge in [-0.3, -0.25) is 9.59 Å². The number of hydrogen-bond acceptors (Lipinski definition) is 6. The van der Waals surface area contributed by atoms with Gasteiger partial charge in [-0.25, -0.2) is 13.2 Å². The molecule has 0 aliphatic carbocycles. The molecule has 0 aliphatic rings. The summed E-state index contributed by atoms with van der Waals surface area (Å²) in [6.07, 6.45) is 0.839. The number of likely N-dealkylation sites (N-methyl/N-ethyl adjacent to an activating group) is 1. The van der Waals surface area contributed by atoms with E-state index >= 15 is 0 Å². The molecule has 1 atom stereocenters. The van der Waals surface area contributed by atoms with Crippen LogP contribution in [0.25, 0.3) is 0 Å². The van der Waals surface area contributed by atoms with Crippen molar-refractivity contribution in [3.05, 3.63) is 34.9 Å². The van der Waals surface area contributed by atoms with E-state index in [0.717, 1.165) is 6.26 Å². The van der Waals surface area contributed by atoms with Crippen molar-refractivity contribution in [1.82, 2.24) is 10.6 Å². The summed E-state index contributed by atoms with van der Waals surface area (Å²) >= 11 is 5.75. The van der Waals surface area contributed by atoms with Gasteiger partial charge in [0.15, 0.2) is 6.61 Å². The van der Waals surface area contributed by atoms with Crippen molar-refractivity contribution < 1.29 is 27.5 Å². The molecule has 0 bridgehead atoms.